The van der Waals surface area contributed by atoms with E-state index in [0.717, 1.165) is 11.3 Å². The Morgan fingerprint density at radius 3 is 2.64 bits per heavy atom. The molecule has 33 heavy (non-hydrogen) atoms. The molecule has 0 aliphatic heterocycles. The highest BCUT2D eigenvalue weighted by atomic mass is 32.2. The maximum Gasteiger partial charge on any atom is 0.418 e. The molecule has 1 aromatic carbocycles. The van der Waals surface area contributed by atoms with Gasteiger partial charge in [0, 0.05) is 36.1 Å². The van der Waals surface area contributed by atoms with Gasteiger partial charge in [0.15, 0.2) is 0 Å². The molecule has 176 valence electrons. The number of aryl methyl sites for hydroxylation is 1. The van der Waals surface area contributed by atoms with Gasteiger partial charge in [0.25, 0.3) is 0 Å². The Balaban J connectivity index is 1.82. The lowest BCUT2D eigenvalue weighted by atomic mass is 10.2. The quantitative estimate of drug-likeness (QED) is 0.350. The molecule has 1 unspecified atom stereocenters. The molecule has 0 saturated carbocycles. The van der Waals surface area contributed by atoms with Crippen molar-refractivity contribution in [2.45, 2.75) is 24.8 Å². The first-order chi connectivity index (χ1) is 15.7. The van der Waals surface area contributed by atoms with Crippen LogP contribution in [-0.2, 0) is 21.5 Å². The number of hydrogen-bond acceptors (Lipinski definition) is 8. The summed E-state index contributed by atoms with van der Waals surface area (Å²) in [5.74, 6) is 4.52. The Kier molecular flexibility index (Phi) is 7.56. The fourth-order valence-corrected chi connectivity index (χ4v) is 4.02. The molecule has 0 spiro atoms. The van der Waals surface area contributed by atoms with Crippen molar-refractivity contribution in [3.63, 3.8) is 0 Å². The fraction of sp³-hybridized carbons (Fsp3) is 0.273. The van der Waals surface area contributed by atoms with Crippen molar-refractivity contribution in [3.8, 4) is 11.3 Å². The predicted molar refractivity (Wildman–Crippen MR) is 130 cm³/mol. The number of carbonyl (C=O) groups excluding carboxylic acids is 1. The minimum Gasteiger partial charge on any atom is -0.449 e. The van der Waals surface area contributed by atoms with Crippen LogP contribution in [-0.4, -0.2) is 55.1 Å². The zero-order valence-corrected chi connectivity index (χ0v) is 19.6. The Morgan fingerprint density at radius 1 is 1.30 bits per heavy atom. The summed E-state index contributed by atoms with van der Waals surface area (Å²) < 4.78 is 21.7. The second-order valence-electron chi connectivity index (χ2n) is 7.34. The molecule has 4 N–H and O–H groups in total. The van der Waals surface area contributed by atoms with Crippen LogP contribution < -0.4 is 15.4 Å². The van der Waals surface area contributed by atoms with Gasteiger partial charge in [-0.05, 0) is 56.1 Å². The van der Waals surface area contributed by atoms with E-state index < -0.39 is 15.8 Å². The molecule has 0 saturated heterocycles. The van der Waals surface area contributed by atoms with Crippen molar-refractivity contribution in [2.75, 3.05) is 23.8 Å². The van der Waals surface area contributed by atoms with Crippen molar-refractivity contribution < 1.29 is 18.8 Å². The van der Waals surface area contributed by atoms with Crippen LogP contribution >= 0.6 is 0 Å². The van der Waals surface area contributed by atoms with Gasteiger partial charge in [-0.25, -0.2) is 18.7 Å². The number of nitrogens with zero attached hydrogens (tertiary/aromatic N) is 3. The third-order valence-corrected chi connectivity index (χ3v) is 6.21. The Hall–Kier alpha value is -3.57. The molecule has 0 fully saturated rings. The summed E-state index contributed by atoms with van der Waals surface area (Å²) in [6, 6.07) is 10.2. The Bertz CT molecular complexity index is 1210. The Morgan fingerprint density at radius 2 is 2.03 bits per heavy atom. The van der Waals surface area contributed by atoms with Crippen LogP contribution in [0.2, 0.25) is 0 Å². The molecular formula is C22H28N6O4S. The van der Waals surface area contributed by atoms with Crippen molar-refractivity contribution in [2.24, 2.45) is 7.05 Å². The average Bonchev–Trinajstić information content (AvgIpc) is 3.19. The number of amides is 1. The molecule has 3 rings (SSSR count). The Labute approximate surface area is 193 Å². The second kappa shape index (κ2) is 10.4. The number of rotatable bonds is 9. The van der Waals surface area contributed by atoms with Crippen molar-refractivity contribution in [1.82, 2.24) is 19.3 Å². The topological polar surface area (TPSA) is 130 Å². The van der Waals surface area contributed by atoms with Gasteiger partial charge in [0.2, 0.25) is 5.95 Å². The van der Waals surface area contributed by atoms with E-state index in [2.05, 4.69) is 31.2 Å². The number of aromatic nitrogens is 3. The minimum atomic E-state index is -3.05. The minimum absolute atomic E-state index is 0.0506. The van der Waals surface area contributed by atoms with E-state index in [-0.39, 0.29) is 19.3 Å². The van der Waals surface area contributed by atoms with Gasteiger partial charge in [0.05, 0.1) is 34.2 Å². The van der Waals surface area contributed by atoms with Crippen LogP contribution in [0.15, 0.2) is 53.7 Å². The fourth-order valence-electron chi connectivity index (χ4n) is 3.00. The molecule has 3 aromatic rings. The van der Waals surface area contributed by atoms with Gasteiger partial charge in [-0.1, -0.05) is 0 Å². The van der Waals surface area contributed by atoms with E-state index >= 15 is 0 Å². The van der Waals surface area contributed by atoms with Crippen LogP contribution in [0.25, 0.3) is 11.3 Å². The van der Waals surface area contributed by atoms with Gasteiger partial charge < -0.3 is 25.0 Å². The molecule has 0 bridgehead atoms. The van der Waals surface area contributed by atoms with E-state index in [0.29, 0.717) is 22.3 Å². The molecular weight excluding hydrogens is 444 g/mol. The number of aliphatic hydroxyl groups is 1. The predicted octanol–water partition coefficient (Wildman–Crippen LogP) is 2.75. The normalized spacial score (nSPS) is 13.6. The summed E-state index contributed by atoms with van der Waals surface area (Å²) in [7, 11) is -1.12. The van der Waals surface area contributed by atoms with E-state index in [1.807, 2.05) is 36.9 Å². The van der Waals surface area contributed by atoms with Gasteiger partial charge >= 0.3 is 6.09 Å². The monoisotopic (exact) mass is 472 g/mol. The van der Waals surface area contributed by atoms with E-state index in [1.54, 1.807) is 37.4 Å². The van der Waals surface area contributed by atoms with Crippen molar-refractivity contribution >= 4 is 39.1 Å². The molecule has 0 aliphatic carbocycles. The van der Waals surface area contributed by atoms with Crippen LogP contribution in [0.3, 0.4) is 0 Å². The second-order valence-corrected chi connectivity index (χ2v) is 9.36. The van der Waals surface area contributed by atoms with Crippen LogP contribution in [0, 0.1) is 0 Å². The maximum absolute atomic E-state index is 12.7. The summed E-state index contributed by atoms with van der Waals surface area (Å²) in [4.78, 5) is 20.9. The number of hydrogen-bond donors (Lipinski definition) is 4. The maximum atomic E-state index is 12.7. The lowest BCUT2D eigenvalue weighted by Crippen LogP contribution is -2.30. The smallest absolute Gasteiger partial charge is 0.418 e. The standard InChI is InChI=1S/C22H28N6O4S/c1-5-32-22(30)27-33(4,31)17-10-8-16(9-11-17)25-21-23-13-18(19-7-6-12-28(19)3)20(26-21)24-15(2)14-29/h6-13,15,29H,4-5,14H2,1-3H3,(H,27,30,31)(H2,23,24,25,26)/t15-,33?/m1/s1. The summed E-state index contributed by atoms with van der Waals surface area (Å²) in [5, 5.41) is 15.8. The van der Waals surface area contributed by atoms with E-state index in [9.17, 15) is 14.1 Å². The summed E-state index contributed by atoms with van der Waals surface area (Å²) in [5.41, 5.74) is 2.38. The molecule has 0 radical (unpaired) electrons. The summed E-state index contributed by atoms with van der Waals surface area (Å²) >= 11 is 0. The lowest BCUT2D eigenvalue weighted by molar-refractivity contribution is 0.159. The number of benzene rings is 1. The van der Waals surface area contributed by atoms with Crippen molar-refractivity contribution in [1.29, 1.82) is 0 Å². The van der Waals surface area contributed by atoms with E-state index in [1.165, 1.54) is 0 Å². The lowest BCUT2D eigenvalue weighted by Gasteiger charge is -2.17. The van der Waals surface area contributed by atoms with Gasteiger partial charge in [0.1, 0.15) is 5.82 Å². The first-order valence-corrected chi connectivity index (χ1v) is 12.0. The molecule has 0 aliphatic rings. The third kappa shape index (κ3) is 6.02. The SMILES string of the molecule is C=S(=O)(NC(=O)OCC)c1ccc(Nc2ncc(-c3cccn3C)c(N[C@H](C)CO)n2)cc1. The van der Waals surface area contributed by atoms with Gasteiger partial charge in [-0.3, -0.25) is 0 Å². The van der Waals surface area contributed by atoms with Gasteiger partial charge in [-0.2, -0.15) is 4.98 Å². The average molecular weight is 473 g/mol. The number of anilines is 3. The third-order valence-electron chi connectivity index (χ3n) is 4.68. The van der Waals surface area contributed by atoms with Gasteiger partial charge in [-0.15, -0.1) is 0 Å². The zero-order chi connectivity index (χ0) is 24.0. The van der Waals surface area contributed by atoms with E-state index in [4.69, 9.17) is 4.74 Å². The van der Waals surface area contributed by atoms with Crippen molar-refractivity contribution in [3.05, 3.63) is 48.8 Å². The summed E-state index contributed by atoms with van der Waals surface area (Å²) in [6.45, 7) is 3.63. The number of carbonyl (C=O) groups is 1. The van der Waals surface area contributed by atoms with Crippen LogP contribution in [0.5, 0.6) is 0 Å². The number of nitrogens with one attached hydrogen (secondary N) is 3. The van der Waals surface area contributed by atoms with Crippen LogP contribution in [0.4, 0.5) is 22.2 Å². The molecule has 2 atom stereocenters. The highest BCUT2D eigenvalue weighted by Gasteiger charge is 2.15. The molecule has 10 nitrogen and oxygen atoms in total. The molecule has 1 amide bonds. The first-order valence-electron chi connectivity index (χ1n) is 10.3. The first kappa shape index (κ1) is 24.1. The zero-order valence-electron chi connectivity index (χ0n) is 18.7. The summed E-state index contributed by atoms with van der Waals surface area (Å²) in [6.07, 6.45) is 2.85. The number of ether oxygens (including phenoxy) is 1. The highest BCUT2D eigenvalue weighted by molar-refractivity contribution is 7.99. The highest BCUT2D eigenvalue weighted by Crippen LogP contribution is 2.28. The van der Waals surface area contributed by atoms with Crippen LogP contribution in [0.1, 0.15) is 13.8 Å². The number of aliphatic hydroxyl groups excluding tert-OH is 1. The molecule has 2 heterocycles. The molecule has 2 aromatic heterocycles. The molecule has 11 heteroatoms. The largest absolute Gasteiger partial charge is 0.449 e.